The first-order valence-electron chi connectivity index (χ1n) is 17.8. The standard InChI is InChI=1S/C49H36N2/c1-49(2)43-23-13-11-21-41(43)45-39-19-9-10-20-40(39)48-46(47(45)49)42-22-12-14-24-44(42)51(48)38-31-27-34(28-32-38)33-25-29-37(30-26-33)50(35-15-5-3-6-16-35)36-17-7-4-8-18-36/h3-32H,1-2H3. The quantitative estimate of drug-likeness (QED) is 0.180. The van der Waals surface area contributed by atoms with Crippen LogP contribution >= 0.6 is 0 Å². The van der Waals surface area contributed by atoms with Crippen LogP contribution in [0.1, 0.15) is 25.0 Å². The zero-order chi connectivity index (χ0) is 34.1. The Balaban J connectivity index is 1.11. The second-order valence-corrected chi connectivity index (χ2v) is 14.1. The van der Waals surface area contributed by atoms with Gasteiger partial charge in [-0.2, -0.15) is 0 Å². The van der Waals surface area contributed by atoms with Crippen molar-refractivity contribution in [2.75, 3.05) is 4.90 Å². The van der Waals surface area contributed by atoms with E-state index in [1.54, 1.807) is 0 Å². The van der Waals surface area contributed by atoms with Crippen LogP contribution in [0.3, 0.4) is 0 Å². The summed E-state index contributed by atoms with van der Waals surface area (Å²) in [4.78, 5) is 2.30. The summed E-state index contributed by atoms with van der Waals surface area (Å²) in [6.45, 7) is 4.80. The molecule has 242 valence electrons. The average molecular weight is 653 g/mol. The van der Waals surface area contributed by atoms with Gasteiger partial charge in [0, 0.05) is 44.3 Å². The van der Waals surface area contributed by atoms with E-state index in [9.17, 15) is 0 Å². The summed E-state index contributed by atoms with van der Waals surface area (Å²) in [5.74, 6) is 0. The summed E-state index contributed by atoms with van der Waals surface area (Å²) in [6.07, 6.45) is 0. The summed E-state index contributed by atoms with van der Waals surface area (Å²) < 4.78 is 2.50. The van der Waals surface area contributed by atoms with Crippen molar-refractivity contribution < 1.29 is 0 Å². The number of nitrogens with zero attached hydrogens (tertiary/aromatic N) is 2. The van der Waals surface area contributed by atoms with E-state index in [0.29, 0.717) is 0 Å². The third-order valence-electron chi connectivity index (χ3n) is 10.9. The molecular formula is C49H36N2. The normalized spacial score (nSPS) is 13.1. The molecule has 0 spiro atoms. The van der Waals surface area contributed by atoms with Gasteiger partial charge in [0.1, 0.15) is 0 Å². The van der Waals surface area contributed by atoms with E-state index in [2.05, 4.69) is 205 Å². The number of hydrogen-bond donors (Lipinski definition) is 0. The predicted octanol–water partition coefficient (Wildman–Crippen LogP) is 13.4. The van der Waals surface area contributed by atoms with Gasteiger partial charge < -0.3 is 9.47 Å². The lowest BCUT2D eigenvalue weighted by molar-refractivity contribution is 0.667. The number of hydrogen-bond acceptors (Lipinski definition) is 1. The molecule has 0 saturated carbocycles. The fraction of sp³-hybridized carbons (Fsp3) is 0.0612. The van der Waals surface area contributed by atoms with Gasteiger partial charge in [-0.15, -0.1) is 0 Å². The highest BCUT2D eigenvalue weighted by Crippen LogP contribution is 2.56. The van der Waals surface area contributed by atoms with E-state index in [-0.39, 0.29) is 5.41 Å². The number of benzene rings is 8. The molecule has 0 atom stereocenters. The van der Waals surface area contributed by atoms with Gasteiger partial charge in [-0.25, -0.2) is 0 Å². The third-order valence-corrected chi connectivity index (χ3v) is 10.9. The van der Waals surface area contributed by atoms with E-state index in [1.165, 1.54) is 71.6 Å². The second kappa shape index (κ2) is 11.3. The van der Waals surface area contributed by atoms with Crippen LogP contribution in [0.15, 0.2) is 182 Å². The highest BCUT2D eigenvalue weighted by molar-refractivity contribution is 6.25. The van der Waals surface area contributed by atoms with Gasteiger partial charge in [-0.05, 0) is 93.4 Å². The van der Waals surface area contributed by atoms with Crippen LogP contribution < -0.4 is 4.90 Å². The molecule has 51 heavy (non-hydrogen) atoms. The Bertz CT molecular complexity index is 2700. The van der Waals surface area contributed by atoms with Crippen molar-refractivity contribution in [2.45, 2.75) is 19.3 Å². The largest absolute Gasteiger partial charge is 0.311 e. The third kappa shape index (κ3) is 4.43. The van der Waals surface area contributed by atoms with Crippen LogP contribution in [0.2, 0.25) is 0 Å². The fourth-order valence-corrected chi connectivity index (χ4v) is 8.68. The maximum Gasteiger partial charge on any atom is 0.0623 e. The van der Waals surface area contributed by atoms with E-state index < -0.39 is 0 Å². The van der Waals surface area contributed by atoms with Gasteiger partial charge in [0.25, 0.3) is 0 Å². The smallest absolute Gasteiger partial charge is 0.0623 e. The summed E-state index contributed by atoms with van der Waals surface area (Å²) in [5, 5.41) is 5.27. The minimum Gasteiger partial charge on any atom is -0.311 e. The predicted molar refractivity (Wildman–Crippen MR) is 216 cm³/mol. The summed E-state index contributed by atoms with van der Waals surface area (Å²) in [7, 11) is 0. The Morgan fingerprint density at radius 2 is 0.961 bits per heavy atom. The lowest BCUT2D eigenvalue weighted by atomic mass is 9.79. The molecule has 1 heterocycles. The SMILES string of the molecule is CC1(C)c2ccccc2-c2c1c1c3ccccc3n(-c3ccc(-c4ccc(N(c5ccccc5)c5ccccc5)cc4)cc3)c1c1ccccc21. The van der Waals surface area contributed by atoms with E-state index in [0.717, 1.165) is 17.1 Å². The van der Waals surface area contributed by atoms with E-state index >= 15 is 0 Å². The Labute approximate surface area is 298 Å². The molecule has 1 aromatic heterocycles. The van der Waals surface area contributed by atoms with Crippen molar-refractivity contribution in [1.29, 1.82) is 0 Å². The zero-order valence-corrected chi connectivity index (χ0v) is 28.7. The minimum absolute atomic E-state index is 0.129. The fourth-order valence-electron chi connectivity index (χ4n) is 8.68. The molecule has 0 N–H and O–H groups in total. The summed E-state index contributed by atoms with van der Waals surface area (Å²) in [6, 6.07) is 66.1. The highest BCUT2D eigenvalue weighted by atomic mass is 15.1. The monoisotopic (exact) mass is 652 g/mol. The topological polar surface area (TPSA) is 8.17 Å². The molecule has 8 aromatic carbocycles. The molecule has 0 aliphatic heterocycles. The second-order valence-electron chi connectivity index (χ2n) is 14.1. The van der Waals surface area contributed by atoms with Crippen LogP contribution in [0.4, 0.5) is 17.1 Å². The molecule has 10 rings (SSSR count). The first kappa shape index (κ1) is 29.5. The molecule has 0 fully saturated rings. The summed E-state index contributed by atoms with van der Waals surface area (Å²) >= 11 is 0. The maximum atomic E-state index is 2.50. The van der Waals surface area contributed by atoms with Crippen molar-refractivity contribution in [3.8, 4) is 27.9 Å². The Morgan fingerprint density at radius 1 is 0.451 bits per heavy atom. The lowest BCUT2D eigenvalue weighted by Gasteiger charge is -2.25. The molecule has 0 saturated heterocycles. The van der Waals surface area contributed by atoms with Crippen LogP contribution in [0, 0.1) is 0 Å². The van der Waals surface area contributed by atoms with Crippen molar-refractivity contribution in [1.82, 2.24) is 4.57 Å². The van der Waals surface area contributed by atoms with E-state index in [1.807, 2.05) is 0 Å². The average Bonchev–Trinajstić information content (AvgIpc) is 3.65. The van der Waals surface area contributed by atoms with Crippen molar-refractivity contribution in [2.24, 2.45) is 0 Å². The number of rotatable bonds is 5. The number of fused-ring (bicyclic) bond motifs is 10. The Kier molecular flexibility index (Phi) is 6.56. The van der Waals surface area contributed by atoms with Crippen LogP contribution in [0.25, 0.3) is 60.5 Å². The maximum absolute atomic E-state index is 2.50. The van der Waals surface area contributed by atoms with Crippen LogP contribution in [-0.2, 0) is 5.41 Å². The molecule has 0 unspecified atom stereocenters. The van der Waals surface area contributed by atoms with Gasteiger partial charge in [-0.3, -0.25) is 0 Å². The van der Waals surface area contributed by atoms with Gasteiger partial charge in [0.15, 0.2) is 0 Å². The Morgan fingerprint density at radius 3 is 1.63 bits per heavy atom. The lowest BCUT2D eigenvalue weighted by Crippen LogP contribution is -2.15. The van der Waals surface area contributed by atoms with Crippen LogP contribution in [0.5, 0.6) is 0 Å². The molecule has 0 bridgehead atoms. The molecule has 1 aliphatic rings. The number of para-hydroxylation sites is 3. The van der Waals surface area contributed by atoms with Crippen LogP contribution in [-0.4, -0.2) is 4.57 Å². The van der Waals surface area contributed by atoms with Gasteiger partial charge in [-0.1, -0.05) is 141 Å². The first-order chi connectivity index (χ1) is 25.1. The molecule has 2 nitrogen and oxygen atoms in total. The summed E-state index contributed by atoms with van der Waals surface area (Å²) in [5.41, 5.74) is 14.9. The molecular weight excluding hydrogens is 617 g/mol. The van der Waals surface area contributed by atoms with Gasteiger partial charge in [0.05, 0.1) is 11.0 Å². The zero-order valence-electron chi connectivity index (χ0n) is 28.7. The van der Waals surface area contributed by atoms with Gasteiger partial charge in [0.2, 0.25) is 0 Å². The number of aromatic nitrogens is 1. The molecule has 9 aromatic rings. The molecule has 0 radical (unpaired) electrons. The van der Waals surface area contributed by atoms with Crippen molar-refractivity contribution >= 4 is 49.6 Å². The molecule has 1 aliphatic carbocycles. The van der Waals surface area contributed by atoms with Crippen molar-refractivity contribution in [3.63, 3.8) is 0 Å². The van der Waals surface area contributed by atoms with E-state index in [4.69, 9.17) is 0 Å². The molecule has 0 amide bonds. The highest BCUT2D eigenvalue weighted by Gasteiger charge is 2.39. The number of anilines is 3. The molecule has 2 heteroatoms. The first-order valence-corrected chi connectivity index (χ1v) is 17.8. The Hall–Kier alpha value is -6.38. The minimum atomic E-state index is -0.129. The van der Waals surface area contributed by atoms with Gasteiger partial charge >= 0.3 is 0 Å². The van der Waals surface area contributed by atoms with Crippen molar-refractivity contribution in [3.05, 3.63) is 193 Å².